The highest BCUT2D eigenvalue weighted by Gasteiger charge is 2.12. The summed E-state index contributed by atoms with van der Waals surface area (Å²) in [4.78, 5) is 12.4. The molecule has 0 bridgehead atoms. The van der Waals surface area contributed by atoms with Crippen LogP contribution >= 0.6 is 0 Å². The van der Waals surface area contributed by atoms with Gasteiger partial charge in [0.05, 0.1) is 5.69 Å². The largest absolute Gasteiger partial charge is 0.508 e. The van der Waals surface area contributed by atoms with Gasteiger partial charge in [0.1, 0.15) is 11.4 Å². The predicted molar refractivity (Wildman–Crippen MR) is 100 cm³/mol. The zero-order valence-electron chi connectivity index (χ0n) is 13.5. The van der Waals surface area contributed by atoms with Crippen molar-refractivity contribution in [2.45, 2.75) is 0 Å². The molecular formula is C20H17N3O2. The van der Waals surface area contributed by atoms with E-state index in [-0.39, 0.29) is 11.7 Å². The molecule has 0 unspecified atom stereocenters. The van der Waals surface area contributed by atoms with Crippen molar-refractivity contribution < 1.29 is 9.90 Å². The average Bonchev–Trinajstić information content (AvgIpc) is 3.12. The number of hydrogen-bond donors (Lipinski definition) is 3. The number of carbonyl (C=O) groups excluding carboxylic acids is 1. The molecule has 3 N–H and O–H groups in total. The van der Waals surface area contributed by atoms with E-state index in [2.05, 4.69) is 28.7 Å². The van der Waals surface area contributed by atoms with Gasteiger partial charge >= 0.3 is 0 Å². The van der Waals surface area contributed by atoms with Crippen molar-refractivity contribution in [1.29, 1.82) is 0 Å². The third kappa shape index (κ3) is 3.50. The van der Waals surface area contributed by atoms with Crippen LogP contribution in [-0.4, -0.2) is 21.2 Å². The number of aromatic hydroxyl groups is 1. The van der Waals surface area contributed by atoms with E-state index in [4.69, 9.17) is 0 Å². The Kier molecular flexibility index (Phi) is 4.48. The highest BCUT2D eigenvalue weighted by Crippen LogP contribution is 2.23. The Bertz CT molecular complexity index is 957. The van der Waals surface area contributed by atoms with Crippen molar-refractivity contribution in [2.24, 2.45) is 0 Å². The smallest absolute Gasteiger partial charge is 0.273 e. The number of rotatable bonds is 5. The average molecular weight is 331 g/mol. The van der Waals surface area contributed by atoms with Crippen molar-refractivity contribution in [3.63, 3.8) is 0 Å². The molecule has 5 nitrogen and oxygen atoms in total. The molecular weight excluding hydrogens is 314 g/mol. The van der Waals surface area contributed by atoms with E-state index in [1.165, 1.54) is 0 Å². The number of hydrogen-bond acceptors (Lipinski definition) is 3. The summed E-state index contributed by atoms with van der Waals surface area (Å²) in [6, 6.07) is 13.8. The van der Waals surface area contributed by atoms with Crippen LogP contribution in [0.2, 0.25) is 0 Å². The molecule has 3 rings (SSSR count). The normalized spacial score (nSPS) is 10.2. The Morgan fingerprint density at radius 2 is 1.88 bits per heavy atom. The summed E-state index contributed by atoms with van der Waals surface area (Å²) < 4.78 is 0. The summed E-state index contributed by atoms with van der Waals surface area (Å²) in [5.74, 6) is -0.161. The second-order valence-electron chi connectivity index (χ2n) is 5.42. The number of aromatic amines is 1. The lowest BCUT2D eigenvalue weighted by Crippen LogP contribution is -2.12. The standard InChI is InChI=1S/C20H17N3O2/c1-3-13-8-9-16(10-14(13)4-2)21-20(25)19-12-18(22-23-19)15-6-5-7-17(24)11-15/h3-12,24H,1-2H2,(H,21,25)(H,22,23). The Morgan fingerprint density at radius 3 is 2.60 bits per heavy atom. The fourth-order valence-corrected chi connectivity index (χ4v) is 2.46. The van der Waals surface area contributed by atoms with Crippen molar-refractivity contribution >= 4 is 23.7 Å². The van der Waals surface area contributed by atoms with Crippen LogP contribution in [0.15, 0.2) is 61.7 Å². The highest BCUT2D eigenvalue weighted by molar-refractivity contribution is 6.03. The fourth-order valence-electron chi connectivity index (χ4n) is 2.46. The number of aromatic nitrogens is 2. The maximum Gasteiger partial charge on any atom is 0.273 e. The number of H-pyrrole nitrogens is 1. The lowest BCUT2D eigenvalue weighted by molar-refractivity contribution is 0.102. The van der Waals surface area contributed by atoms with Gasteiger partial charge in [-0.25, -0.2) is 0 Å². The molecule has 5 heteroatoms. The molecule has 1 amide bonds. The Morgan fingerprint density at radius 1 is 1.08 bits per heavy atom. The van der Waals surface area contributed by atoms with Crippen LogP contribution in [-0.2, 0) is 0 Å². The van der Waals surface area contributed by atoms with Gasteiger partial charge in [0.25, 0.3) is 5.91 Å². The third-order valence-corrected chi connectivity index (χ3v) is 3.75. The Hall–Kier alpha value is -3.60. The first-order chi connectivity index (χ1) is 12.1. The van der Waals surface area contributed by atoms with Crippen LogP contribution in [0.1, 0.15) is 21.6 Å². The highest BCUT2D eigenvalue weighted by atomic mass is 16.3. The molecule has 0 aliphatic heterocycles. The maximum absolute atomic E-state index is 12.4. The first kappa shape index (κ1) is 16.3. The van der Waals surface area contributed by atoms with E-state index in [0.29, 0.717) is 17.1 Å². The van der Waals surface area contributed by atoms with Crippen molar-refractivity contribution in [3.05, 3.63) is 78.5 Å². The number of carbonyl (C=O) groups is 1. The summed E-state index contributed by atoms with van der Waals surface area (Å²) in [7, 11) is 0. The lowest BCUT2D eigenvalue weighted by atomic mass is 10.1. The van der Waals surface area contributed by atoms with E-state index < -0.39 is 0 Å². The third-order valence-electron chi connectivity index (χ3n) is 3.75. The summed E-state index contributed by atoms with van der Waals surface area (Å²) in [6.45, 7) is 7.51. The minimum atomic E-state index is -0.305. The number of phenolic OH excluding ortho intramolecular Hbond substituents is 1. The van der Waals surface area contributed by atoms with E-state index >= 15 is 0 Å². The van der Waals surface area contributed by atoms with Gasteiger partial charge in [0.2, 0.25) is 0 Å². The number of benzene rings is 2. The molecule has 2 aromatic carbocycles. The minimum Gasteiger partial charge on any atom is -0.508 e. The molecule has 0 saturated heterocycles. The van der Waals surface area contributed by atoms with Gasteiger partial charge in [-0.3, -0.25) is 9.89 Å². The van der Waals surface area contributed by atoms with Gasteiger partial charge in [-0.1, -0.05) is 43.5 Å². The molecule has 3 aromatic rings. The van der Waals surface area contributed by atoms with Gasteiger partial charge in [-0.15, -0.1) is 0 Å². The minimum absolute atomic E-state index is 0.144. The number of nitrogens with zero attached hydrogens (tertiary/aromatic N) is 1. The topological polar surface area (TPSA) is 78.0 Å². The van der Waals surface area contributed by atoms with E-state index in [9.17, 15) is 9.90 Å². The van der Waals surface area contributed by atoms with Crippen LogP contribution in [0.25, 0.3) is 23.4 Å². The molecule has 0 fully saturated rings. The molecule has 0 saturated carbocycles. The SMILES string of the molecule is C=Cc1ccc(NC(=O)c2cc(-c3cccc(O)c3)n[nH]2)cc1C=C. The summed E-state index contributed by atoms with van der Waals surface area (Å²) in [5.41, 5.74) is 4.11. The molecule has 1 aromatic heterocycles. The molecule has 0 aliphatic rings. The van der Waals surface area contributed by atoms with E-state index in [1.54, 1.807) is 42.5 Å². The lowest BCUT2D eigenvalue weighted by Gasteiger charge is -2.07. The predicted octanol–water partition coefficient (Wildman–Crippen LogP) is 4.32. The first-order valence-corrected chi connectivity index (χ1v) is 7.66. The fraction of sp³-hybridized carbons (Fsp3) is 0. The maximum atomic E-state index is 12.4. The van der Waals surface area contributed by atoms with Gasteiger partial charge in [0.15, 0.2) is 0 Å². The van der Waals surface area contributed by atoms with E-state index in [0.717, 1.165) is 16.7 Å². The van der Waals surface area contributed by atoms with E-state index in [1.807, 2.05) is 18.2 Å². The number of amides is 1. The number of phenols is 1. The van der Waals surface area contributed by atoms with Crippen molar-refractivity contribution in [2.75, 3.05) is 5.32 Å². The molecule has 25 heavy (non-hydrogen) atoms. The van der Waals surface area contributed by atoms with Crippen LogP contribution in [0.3, 0.4) is 0 Å². The summed E-state index contributed by atoms with van der Waals surface area (Å²) in [6.07, 6.45) is 3.45. The Balaban J connectivity index is 1.80. The number of nitrogens with one attached hydrogen (secondary N) is 2. The monoisotopic (exact) mass is 331 g/mol. The second-order valence-corrected chi connectivity index (χ2v) is 5.42. The zero-order valence-corrected chi connectivity index (χ0v) is 13.5. The number of anilines is 1. The summed E-state index contributed by atoms with van der Waals surface area (Å²) in [5, 5.41) is 19.2. The summed E-state index contributed by atoms with van der Waals surface area (Å²) >= 11 is 0. The zero-order chi connectivity index (χ0) is 17.8. The Labute approximate surface area is 145 Å². The van der Waals surface area contributed by atoms with Gasteiger partial charge in [-0.2, -0.15) is 5.10 Å². The van der Waals surface area contributed by atoms with Gasteiger partial charge in [-0.05, 0) is 41.5 Å². The quantitative estimate of drug-likeness (QED) is 0.651. The molecule has 0 radical (unpaired) electrons. The first-order valence-electron chi connectivity index (χ1n) is 7.66. The van der Waals surface area contributed by atoms with Crippen LogP contribution < -0.4 is 5.32 Å². The van der Waals surface area contributed by atoms with Gasteiger partial charge < -0.3 is 10.4 Å². The van der Waals surface area contributed by atoms with Crippen LogP contribution in [0.4, 0.5) is 5.69 Å². The van der Waals surface area contributed by atoms with Crippen LogP contribution in [0.5, 0.6) is 5.75 Å². The van der Waals surface area contributed by atoms with Crippen molar-refractivity contribution in [3.8, 4) is 17.0 Å². The second kappa shape index (κ2) is 6.88. The molecule has 1 heterocycles. The van der Waals surface area contributed by atoms with Gasteiger partial charge in [0, 0.05) is 11.3 Å². The van der Waals surface area contributed by atoms with Crippen LogP contribution in [0, 0.1) is 0 Å². The molecule has 0 atom stereocenters. The molecule has 0 spiro atoms. The molecule has 0 aliphatic carbocycles. The molecule has 124 valence electrons. The van der Waals surface area contributed by atoms with Crippen molar-refractivity contribution in [1.82, 2.24) is 10.2 Å².